The van der Waals surface area contributed by atoms with Crippen LogP contribution in [-0.2, 0) is 4.74 Å². The van der Waals surface area contributed by atoms with E-state index in [1.807, 2.05) is 25.1 Å². The standard InChI is InChI=1S/C18H29N3O3/c1-5-24-15-7-6-14(12-16(15)23-4)21-17(19-2)20-13-18(8-9-18)10-11-22-3/h6-7,12H,5,8-11,13H2,1-4H3,(H2,19,20,21). The van der Waals surface area contributed by atoms with Crippen molar-refractivity contribution in [2.75, 3.05) is 46.3 Å². The molecule has 6 nitrogen and oxygen atoms in total. The third-order valence-corrected chi connectivity index (χ3v) is 4.37. The molecule has 0 bridgehead atoms. The summed E-state index contributed by atoms with van der Waals surface area (Å²) in [6.45, 7) is 4.28. The number of rotatable bonds is 9. The summed E-state index contributed by atoms with van der Waals surface area (Å²) in [6.07, 6.45) is 3.58. The zero-order valence-electron chi connectivity index (χ0n) is 15.1. The van der Waals surface area contributed by atoms with Gasteiger partial charge in [-0.15, -0.1) is 0 Å². The maximum absolute atomic E-state index is 5.54. The van der Waals surface area contributed by atoms with Crippen LogP contribution in [0.2, 0.25) is 0 Å². The van der Waals surface area contributed by atoms with Crippen molar-refractivity contribution < 1.29 is 14.2 Å². The van der Waals surface area contributed by atoms with Crippen LogP contribution >= 0.6 is 0 Å². The molecule has 134 valence electrons. The smallest absolute Gasteiger partial charge is 0.195 e. The van der Waals surface area contributed by atoms with Gasteiger partial charge in [0, 0.05) is 39.1 Å². The molecule has 0 aromatic heterocycles. The molecular weight excluding hydrogens is 306 g/mol. The number of anilines is 1. The molecule has 0 radical (unpaired) electrons. The molecule has 0 saturated heterocycles. The number of ether oxygens (including phenoxy) is 3. The van der Waals surface area contributed by atoms with Gasteiger partial charge in [-0.2, -0.15) is 0 Å². The van der Waals surface area contributed by atoms with Crippen LogP contribution in [0.1, 0.15) is 26.2 Å². The fourth-order valence-corrected chi connectivity index (χ4v) is 2.62. The minimum absolute atomic E-state index is 0.365. The van der Waals surface area contributed by atoms with Gasteiger partial charge in [-0.1, -0.05) is 0 Å². The average Bonchev–Trinajstić information content (AvgIpc) is 3.38. The molecule has 0 heterocycles. The lowest BCUT2D eigenvalue weighted by Crippen LogP contribution is -2.35. The highest BCUT2D eigenvalue weighted by Crippen LogP contribution is 2.48. The lowest BCUT2D eigenvalue weighted by atomic mass is 10.0. The first-order chi connectivity index (χ1) is 11.7. The Hall–Kier alpha value is -1.95. The fraction of sp³-hybridized carbons (Fsp3) is 0.611. The lowest BCUT2D eigenvalue weighted by molar-refractivity contribution is 0.172. The summed E-state index contributed by atoms with van der Waals surface area (Å²) in [5, 5.41) is 6.72. The largest absolute Gasteiger partial charge is 0.493 e. The van der Waals surface area contributed by atoms with E-state index in [1.54, 1.807) is 21.3 Å². The first kappa shape index (κ1) is 18.4. The molecule has 0 atom stereocenters. The SMILES string of the molecule is CCOc1ccc(NC(=NC)NCC2(CCOC)CC2)cc1OC. The molecule has 6 heteroatoms. The quantitative estimate of drug-likeness (QED) is 0.537. The Bertz CT molecular complexity index is 556. The van der Waals surface area contributed by atoms with Crippen LogP contribution in [0.4, 0.5) is 5.69 Å². The maximum atomic E-state index is 5.54. The van der Waals surface area contributed by atoms with Gasteiger partial charge in [0.15, 0.2) is 17.5 Å². The van der Waals surface area contributed by atoms with Gasteiger partial charge in [-0.25, -0.2) is 0 Å². The van der Waals surface area contributed by atoms with Crippen molar-refractivity contribution in [3.8, 4) is 11.5 Å². The Kier molecular flexibility index (Phi) is 6.73. The first-order valence-electron chi connectivity index (χ1n) is 8.44. The molecule has 1 aromatic rings. The number of nitrogens with one attached hydrogen (secondary N) is 2. The van der Waals surface area contributed by atoms with E-state index < -0.39 is 0 Å². The van der Waals surface area contributed by atoms with Gasteiger partial charge in [-0.05, 0) is 43.7 Å². The van der Waals surface area contributed by atoms with Crippen LogP contribution < -0.4 is 20.1 Å². The molecule has 1 aromatic carbocycles. The molecule has 2 rings (SSSR count). The van der Waals surface area contributed by atoms with E-state index in [2.05, 4.69) is 15.6 Å². The molecule has 24 heavy (non-hydrogen) atoms. The zero-order chi connectivity index (χ0) is 17.4. The van der Waals surface area contributed by atoms with E-state index in [-0.39, 0.29) is 0 Å². The summed E-state index contributed by atoms with van der Waals surface area (Å²) in [4.78, 5) is 4.30. The fourth-order valence-electron chi connectivity index (χ4n) is 2.62. The summed E-state index contributed by atoms with van der Waals surface area (Å²) in [5.74, 6) is 2.20. The van der Waals surface area contributed by atoms with Crippen molar-refractivity contribution in [3.05, 3.63) is 18.2 Å². The third kappa shape index (κ3) is 5.03. The normalized spacial score (nSPS) is 15.8. The van der Waals surface area contributed by atoms with Crippen LogP contribution in [0.5, 0.6) is 11.5 Å². The van der Waals surface area contributed by atoms with E-state index in [0.717, 1.165) is 37.0 Å². The second-order valence-electron chi connectivity index (χ2n) is 6.09. The summed E-state index contributed by atoms with van der Waals surface area (Å²) < 4.78 is 16.1. The van der Waals surface area contributed by atoms with Gasteiger partial charge in [0.1, 0.15) is 0 Å². The highest BCUT2D eigenvalue weighted by molar-refractivity contribution is 5.93. The Morgan fingerprint density at radius 1 is 1.25 bits per heavy atom. The highest BCUT2D eigenvalue weighted by Gasteiger charge is 2.41. The highest BCUT2D eigenvalue weighted by atomic mass is 16.5. The van der Waals surface area contributed by atoms with Gasteiger partial charge >= 0.3 is 0 Å². The first-order valence-corrected chi connectivity index (χ1v) is 8.44. The molecular formula is C18H29N3O3. The summed E-state index contributed by atoms with van der Waals surface area (Å²) in [7, 11) is 5.17. The van der Waals surface area contributed by atoms with E-state index >= 15 is 0 Å². The molecule has 1 aliphatic carbocycles. The van der Waals surface area contributed by atoms with Crippen LogP contribution in [0, 0.1) is 5.41 Å². The van der Waals surface area contributed by atoms with E-state index in [9.17, 15) is 0 Å². The predicted octanol–water partition coefficient (Wildman–Crippen LogP) is 2.90. The van der Waals surface area contributed by atoms with E-state index in [1.165, 1.54) is 12.8 Å². The second-order valence-corrected chi connectivity index (χ2v) is 6.09. The minimum atomic E-state index is 0.365. The number of benzene rings is 1. The Balaban J connectivity index is 1.93. The predicted molar refractivity (Wildman–Crippen MR) is 97.3 cm³/mol. The van der Waals surface area contributed by atoms with Gasteiger partial charge in [0.2, 0.25) is 0 Å². The van der Waals surface area contributed by atoms with Crippen molar-refractivity contribution in [3.63, 3.8) is 0 Å². The number of methoxy groups -OCH3 is 2. The van der Waals surface area contributed by atoms with Crippen LogP contribution in [0.3, 0.4) is 0 Å². The number of aliphatic imine (C=N–C) groups is 1. The molecule has 0 unspecified atom stereocenters. The van der Waals surface area contributed by atoms with Crippen molar-refractivity contribution >= 4 is 11.6 Å². The Labute approximate surface area is 144 Å². The molecule has 1 saturated carbocycles. The summed E-state index contributed by atoms with van der Waals surface area (Å²) in [6, 6.07) is 5.77. The molecule has 1 fully saturated rings. The monoisotopic (exact) mass is 335 g/mol. The second kappa shape index (κ2) is 8.78. The van der Waals surface area contributed by atoms with Crippen molar-refractivity contribution in [1.82, 2.24) is 5.32 Å². The van der Waals surface area contributed by atoms with Crippen LogP contribution in [-0.4, -0.2) is 47.0 Å². The van der Waals surface area contributed by atoms with Gasteiger partial charge < -0.3 is 24.8 Å². The number of hydrogen-bond acceptors (Lipinski definition) is 4. The molecule has 0 amide bonds. The van der Waals surface area contributed by atoms with E-state index in [4.69, 9.17) is 14.2 Å². The van der Waals surface area contributed by atoms with Crippen molar-refractivity contribution in [2.45, 2.75) is 26.2 Å². The third-order valence-electron chi connectivity index (χ3n) is 4.37. The number of guanidine groups is 1. The number of hydrogen-bond donors (Lipinski definition) is 2. The van der Waals surface area contributed by atoms with Crippen LogP contribution in [0.15, 0.2) is 23.2 Å². The topological polar surface area (TPSA) is 64.1 Å². The lowest BCUT2D eigenvalue weighted by Gasteiger charge is -2.19. The molecule has 2 N–H and O–H groups in total. The summed E-state index contributed by atoms with van der Waals surface area (Å²) in [5.41, 5.74) is 1.27. The Morgan fingerprint density at radius 3 is 2.62 bits per heavy atom. The van der Waals surface area contributed by atoms with Crippen LogP contribution in [0.25, 0.3) is 0 Å². The molecule has 0 aliphatic heterocycles. The van der Waals surface area contributed by atoms with Gasteiger partial charge in [0.05, 0.1) is 13.7 Å². The van der Waals surface area contributed by atoms with E-state index in [0.29, 0.717) is 17.8 Å². The molecule has 1 aliphatic rings. The Morgan fingerprint density at radius 2 is 2.04 bits per heavy atom. The van der Waals surface area contributed by atoms with Crippen molar-refractivity contribution in [2.24, 2.45) is 10.4 Å². The van der Waals surface area contributed by atoms with Gasteiger partial charge in [0.25, 0.3) is 0 Å². The number of nitrogens with zero attached hydrogens (tertiary/aromatic N) is 1. The zero-order valence-corrected chi connectivity index (χ0v) is 15.1. The average molecular weight is 335 g/mol. The van der Waals surface area contributed by atoms with Gasteiger partial charge in [-0.3, -0.25) is 4.99 Å². The van der Waals surface area contributed by atoms with Crippen molar-refractivity contribution in [1.29, 1.82) is 0 Å². The summed E-state index contributed by atoms with van der Waals surface area (Å²) >= 11 is 0. The minimum Gasteiger partial charge on any atom is -0.493 e. The molecule has 0 spiro atoms. The maximum Gasteiger partial charge on any atom is 0.195 e.